The molecule has 134 valence electrons. The molecule has 1 aliphatic rings. The van der Waals surface area contributed by atoms with Crippen LogP contribution in [0, 0.1) is 0 Å². The van der Waals surface area contributed by atoms with Gasteiger partial charge in [-0.25, -0.2) is 9.48 Å². The average Bonchev–Trinajstić information content (AvgIpc) is 3.01. The van der Waals surface area contributed by atoms with Crippen LogP contribution in [0.25, 0.3) is 5.69 Å². The molecule has 0 saturated carbocycles. The molecule has 0 unspecified atom stereocenters. The Balaban J connectivity index is 1.96. The van der Waals surface area contributed by atoms with E-state index in [0.29, 0.717) is 29.2 Å². The minimum atomic E-state index is -4.55. The normalized spacial score (nSPS) is 16.2. The van der Waals surface area contributed by atoms with E-state index >= 15 is 0 Å². The lowest BCUT2D eigenvalue weighted by atomic mass is 9.93. The molecule has 2 aromatic rings. The van der Waals surface area contributed by atoms with Crippen molar-refractivity contribution >= 4 is 17.7 Å². The van der Waals surface area contributed by atoms with E-state index in [0.717, 1.165) is 6.07 Å². The number of benzene rings is 1. The fourth-order valence-electron chi connectivity index (χ4n) is 2.98. The van der Waals surface area contributed by atoms with Gasteiger partial charge in [0.2, 0.25) is 0 Å². The SMILES string of the molecule is O=C(O)N1CCC(c2cc(C(F)(F)F)nn2-c2ccc(Cl)cc2)CC1. The van der Waals surface area contributed by atoms with Crippen LogP contribution in [0.4, 0.5) is 18.0 Å². The first-order valence-electron chi connectivity index (χ1n) is 7.66. The molecule has 3 rings (SSSR count). The van der Waals surface area contributed by atoms with Gasteiger partial charge in [0.05, 0.1) is 5.69 Å². The molecule has 1 aromatic heterocycles. The van der Waals surface area contributed by atoms with Crippen molar-refractivity contribution < 1.29 is 23.1 Å². The van der Waals surface area contributed by atoms with Crippen molar-refractivity contribution in [3.05, 3.63) is 46.7 Å². The molecule has 1 fully saturated rings. The highest BCUT2D eigenvalue weighted by Crippen LogP contribution is 2.35. The van der Waals surface area contributed by atoms with Crippen LogP contribution in [0.5, 0.6) is 0 Å². The van der Waals surface area contributed by atoms with Crippen LogP contribution >= 0.6 is 11.6 Å². The molecule has 1 aromatic carbocycles. The number of carboxylic acid groups (broad SMARTS) is 1. The Bertz CT molecular complexity index is 766. The molecular weight excluding hydrogens is 359 g/mol. The molecule has 0 aliphatic carbocycles. The summed E-state index contributed by atoms with van der Waals surface area (Å²) in [7, 11) is 0. The summed E-state index contributed by atoms with van der Waals surface area (Å²) in [5, 5.41) is 13.2. The molecule has 0 radical (unpaired) electrons. The largest absolute Gasteiger partial charge is 0.465 e. The third-order valence-corrected chi connectivity index (χ3v) is 4.53. The number of piperidine rings is 1. The smallest absolute Gasteiger partial charge is 0.435 e. The number of hydrogen-bond acceptors (Lipinski definition) is 2. The van der Waals surface area contributed by atoms with Crippen molar-refractivity contribution in [1.29, 1.82) is 0 Å². The van der Waals surface area contributed by atoms with E-state index in [9.17, 15) is 18.0 Å². The molecule has 0 atom stereocenters. The van der Waals surface area contributed by atoms with Gasteiger partial charge in [0.25, 0.3) is 0 Å². The van der Waals surface area contributed by atoms with E-state index in [-0.39, 0.29) is 19.0 Å². The second-order valence-electron chi connectivity index (χ2n) is 5.88. The van der Waals surface area contributed by atoms with Gasteiger partial charge in [-0.3, -0.25) is 0 Å². The summed E-state index contributed by atoms with van der Waals surface area (Å²) in [5.41, 5.74) is -0.0478. The number of hydrogen-bond donors (Lipinski definition) is 1. The Hall–Kier alpha value is -2.22. The number of carbonyl (C=O) groups is 1. The Labute approximate surface area is 146 Å². The predicted molar refractivity (Wildman–Crippen MR) is 85.1 cm³/mol. The topological polar surface area (TPSA) is 58.4 Å². The molecule has 1 saturated heterocycles. The molecule has 0 spiro atoms. The second-order valence-corrected chi connectivity index (χ2v) is 6.32. The van der Waals surface area contributed by atoms with E-state index in [1.165, 1.54) is 9.58 Å². The van der Waals surface area contributed by atoms with Gasteiger partial charge in [-0.1, -0.05) is 11.6 Å². The van der Waals surface area contributed by atoms with Gasteiger partial charge in [0.15, 0.2) is 5.69 Å². The number of likely N-dealkylation sites (tertiary alicyclic amines) is 1. The fourth-order valence-corrected chi connectivity index (χ4v) is 3.11. The third kappa shape index (κ3) is 3.73. The van der Waals surface area contributed by atoms with E-state index in [1.54, 1.807) is 24.3 Å². The highest BCUT2D eigenvalue weighted by Gasteiger charge is 2.37. The van der Waals surface area contributed by atoms with Crippen LogP contribution in [-0.2, 0) is 6.18 Å². The Morgan fingerprint density at radius 1 is 1.20 bits per heavy atom. The quantitative estimate of drug-likeness (QED) is 0.848. The maximum Gasteiger partial charge on any atom is 0.435 e. The number of aromatic nitrogens is 2. The Morgan fingerprint density at radius 3 is 2.32 bits per heavy atom. The monoisotopic (exact) mass is 373 g/mol. The van der Waals surface area contributed by atoms with Crippen molar-refractivity contribution in [3.63, 3.8) is 0 Å². The lowest BCUT2D eigenvalue weighted by molar-refractivity contribution is -0.141. The summed E-state index contributed by atoms with van der Waals surface area (Å²) in [6.45, 7) is 0.570. The van der Waals surface area contributed by atoms with Crippen LogP contribution in [0.3, 0.4) is 0 Å². The fraction of sp³-hybridized carbons (Fsp3) is 0.375. The number of alkyl halides is 3. The van der Waals surface area contributed by atoms with Gasteiger partial charge in [0.1, 0.15) is 0 Å². The summed E-state index contributed by atoms with van der Waals surface area (Å²) < 4.78 is 40.6. The predicted octanol–water partition coefficient (Wildman–Crippen LogP) is 4.40. The molecule has 25 heavy (non-hydrogen) atoms. The third-order valence-electron chi connectivity index (χ3n) is 4.28. The molecule has 9 heteroatoms. The average molecular weight is 374 g/mol. The summed E-state index contributed by atoms with van der Waals surface area (Å²) >= 11 is 5.84. The molecular formula is C16H15ClF3N3O2. The summed E-state index contributed by atoms with van der Waals surface area (Å²) in [5.74, 6) is -0.199. The summed E-state index contributed by atoms with van der Waals surface area (Å²) in [6, 6.07) is 7.43. The van der Waals surface area contributed by atoms with Gasteiger partial charge in [0, 0.05) is 29.7 Å². The number of amides is 1. The van der Waals surface area contributed by atoms with Crippen molar-refractivity contribution in [2.45, 2.75) is 24.9 Å². The van der Waals surface area contributed by atoms with Crippen molar-refractivity contribution in [3.8, 4) is 5.69 Å². The van der Waals surface area contributed by atoms with Crippen LogP contribution in [0.1, 0.15) is 30.1 Å². The minimum absolute atomic E-state index is 0.199. The zero-order valence-corrected chi connectivity index (χ0v) is 13.8. The molecule has 5 nitrogen and oxygen atoms in total. The number of halogens is 4. The maximum atomic E-state index is 13.1. The first kappa shape index (κ1) is 17.6. The second kappa shape index (κ2) is 6.59. The molecule has 1 N–H and O–H groups in total. The molecule has 1 amide bonds. The Kier molecular flexibility index (Phi) is 4.64. The molecule has 0 bridgehead atoms. The van der Waals surface area contributed by atoms with E-state index in [4.69, 9.17) is 16.7 Å². The number of rotatable bonds is 2. The van der Waals surface area contributed by atoms with Crippen molar-refractivity contribution in [2.24, 2.45) is 0 Å². The zero-order valence-electron chi connectivity index (χ0n) is 13.0. The maximum absolute atomic E-state index is 13.1. The molecule has 1 aliphatic heterocycles. The highest BCUT2D eigenvalue weighted by atomic mass is 35.5. The van der Waals surface area contributed by atoms with Crippen molar-refractivity contribution in [2.75, 3.05) is 13.1 Å². The van der Waals surface area contributed by atoms with Gasteiger partial charge >= 0.3 is 12.3 Å². The van der Waals surface area contributed by atoms with E-state index in [1.807, 2.05) is 0 Å². The first-order valence-corrected chi connectivity index (χ1v) is 8.04. The first-order chi connectivity index (χ1) is 11.8. The summed E-state index contributed by atoms with van der Waals surface area (Å²) in [6.07, 6.45) is -4.67. The highest BCUT2D eigenvalue weighted by molar-refractivity contribution is 6.30. The van der Waals surface area contributed by atoms with Crippen molar-refractivity contribution in [1.82, 2.24) is 14.7 Å². The van der Waals surface area contributed by atoms with Gasteiger partial charge in [-0.05, 0) is 43.2 Å². The number of nitrogens with zero attached hydrogens (tertiary/aromatic N) is 3. The lowest BCUT2D eigenvalue weighted by Crippen LogP contribution is -2.37. The molecule has 2 heterocycles. The Morgan fingerprint density at radius 2 is 1.80 bits per heavy atom. The lowest BCUT2D eigenvalue weighted by Gasteiger charge is -2.30. The van der Waals surface area contributed by atoms with Gasteiger partial charge in [-0.2, -0.15) is 18.3 Å². The zero-order chi connectivity index (χ0) is 18.2. The van der Waals surface area contributed by atoms with Gasteiger partial charge < -0.3 is 10.0 Å². The van der Waals surface area contributed by atoms with E-state index in [2.05, 4.69) is 5.10 Å². The standard InChI is InChI=1S/C16H15ClF3N3O2/c17-11-1-3-12(4-2-11)23-13(9-14(21-23)16(18,19)20)10-5-7-22(8-6-10)15(24)25/h1-4,9-10H,5-8H2,(H,24,25). The minimum Gasteiger partial charge on any atom is -0.465 e. The van der Waals surface area contributed by atoms with Crippen LogP contribution in [-0.4, -0.2) is 39.0 Å². The van der Waals surface area contributed by atoms with Crippen LogP contribution in [0.2, 0.25) is 5.02 Å². The van der Waals surface area contributed by atoms with E-state index < -0.39 is 18.0 Å². The van der Waals surface area contributed by atoms with Gasteiger partial charge in [-0.15, -0.1) is 0 Å². The van der Waals surface area contributed by atoms with Crippen LogP contribution in [0.15, 0.2) is 30.3 Å². The van der Waals surface area contributed by atoms with Crippen LogP contribution < -0.4 is 0 Å². The summed E-state index contributed by atoms with van der Waals surface area (Å²) in [4.78, 5) is 12.3.